The number of carbonyl (C=O) groups excluding carboxylic acids is 1. The van der Waals surface area contributed by atoms with E-state index in [4.69, 9.17) is 0 Å². The first-order chi connectivity index (χ1) is 6.25. The quantitative estimate of drug-likeness (QED) is 0.676. The summed E-state index contributed by atoms with van der Waals surface area (Å²) in [6.45, 7) is 3.44. The number of benzene rings is 1. The number of allylic oxidation sites excluding steroid dienone is 1. The van der Waals surface area contributed by atoms with Crippen LogP contribution in [0.15, 0.2) is 42.6 Å². The lowest BCUT2D eigenvalue weighted by Gasteiger charge is -2.15. The Hall–Kier alpha value is -1.57. The highest BCUT2D eigenvalue weighted by Crippen LogP contribution is 2.13. The summed E-state index contributed by atoms with van der Waals surface area (Å²) in [7, 11) is 0. The highest BCUT2D eigenvalue weighted by Gasteiger charge is 2.05. The van der Waals surface area contributed by atoms with Crippen molar-refractivity contribution < 1.29 is 4.79 Å². The molecule has 0 unspecified atom stereocenters. The number of nitrogens with zero attached hydrogens (tertiary/aromatic N) is 1. The van der Waals surface area contributed by atoms with E-state index in [0.29, 0.717) is 0 Å². The van der Waals surface area contributed by atoms with Crippen molar-refractivity contribution in [1.29, 1.82) is 0 Å². The fourth-order valence-corrected chi connectivity index (χ4v) is 1.11. The Morgan fingerprint density at radius 1 is 1.31 bits per heavy atom. The molecule has 1 aromatic rings. The largest absolute Gasteiger partial charge is 0.288 e. The number of hydrogen-bond acceptors (Lipinski definition) is 1. The van der Waals surface area contributed by atoms with Gasteiger partial charge in [0.2, 0.25) is 5.91 Å². The van der Waals surface area contributed by atoms with Crippen LogP contribution in [0.5, 0.6) is 0 Å². The summed E-state index contributed by atoms with van der Waals surface area (Å²) in [5.74, 6) is 0.0179. The zero-order valence-corrected chi connectivity index (χ0v) is 7.90. The van der Waals surface area contributed by atoms with Crippen LogP contribution in [0, 0.1) is 0 Å². The highest BCUT2D eigenvalue weighted by molar-refractivity contribution is 5.93. The van der Waals surface area contributed by atoms with Crippen LogP contribution in [-0.2, 0) is 4.79 Å². The van der Waals surface area contributed by atoms with E-state index in [1.807, 2.05) is 43.3 Å². The average Bonchev–Trinajstić information content (AvgIpc) is 2.15. The van der Waals surface area contributed by atoms with Gasteiger partial charge in [-0.05, 0) is 19.1 Å². The maximum atomic E-state index is 11.2. The maximum absolute atomic E-state index is 11.2. The molecule has 13 heavy (non-hydrogen) atoms. The van der Waals surface area contributed by atoms with E-state index in [1.165, 1.54) is 0 Å². The van der Waals surface area contributed by atoms with Gasteiger partial charge in [0.05, 0.1) is 0 Å². The minimum Gasteiger partial charge on any atom is -0.288 e. The Balaban J connectivity index is 2.96. The first kappa shape index (κ1) is 9.52. The standard InChI is InChI=1S/C11H13NO/c1-3-9-12(10(2)13)11-7-5-4-6-8-11/h3-9H,1-2H3/b9-3-. The van der Waals surface area contributed by atoms with Gasteiger partial charge in [0, 0.05) is 18.8 Å². The zero-order chi connectivity index (χ0) is 9.68. The van der Waals surface area contributed by atoms with Gasteiger partial charge in [0.1, 0.15) is 0 Å². The topological polar surface area (TPSA) is 20.3 Å². The SMILES string of the molecule is C/C=C\N(C(C)=O)c1ccccc1. The van der Waals surface area contributed by atoms with Crippen molar-refractivity contribution in [3.05, 3.63) is 42.6 Å². The molecule has 0 N–H and O–H groups in total. The molecule has 0 radical (unpaired) electrons. The van der Waals surface area contributed by atoms with Gasteiger partial charge in [-0.2, -0.15) is 0 Å². The Kier molecular flexibility index (Phi) is 3.26. The molecule has 0 atom stereocenters. The normalized spacial score (nSPS) is 10.3. The summed E-state index contributed by atoms with van der Waals surface area (Å²) in [6, 6.07) is 9.56. The third-order valence-electron chi connectivity index (χ3n) is 1.67. The number of hydrogen-bond donors (Lipinski definition) is 0. The Labute approximate surface area is 78.5 Å². The van der Waals surface area contributed by atoms with Gasteiger partial charge in [0.25, 0.3) is 0 Å². The Morgan fingerprint density at radius 3 is 2.38 bits per heavy atom. The molecule has 0 aliphatic rings. The third-order valence-corrected chi connectivity index (χ3v) is 1.67. The van der Waals surface area contributed by atoms with Crippen molar-refractivity contribution in [1.82, 2.24) is 0 Å². The van der Waals surface area contributed by atoms with Crippen molar-refractivity contribution in [2.45, 2.75) is 13.8 Å². The van der Waals surface area contributed by atoms with Crippen LogP contribution in [0.1, 0.15) is 13.8 Å². The predicted octanol–water partition coefficient (Wildman–Crippen LogP) is 2.57. The molecule has 1 aromatic carbocycles. The van der Waals surface area contributed by atoms with E-state index < -0.39 is 0 Å². The number of anilines is 1. The van der Waals surface area contributed by atoms with Crippen LogP contribution < -0.4 is 4.90 Å². The first-order valence-electron chi connectivity index (χ1n) is 4.23. The summed E-state index contributed by atoms with van der Waals surface area (Å²) < 4.78 is 0. The maximum Gasteiger partial charge on any atom is 0.227 e. The number of para-hydroxylation sites is 1. The molecule has 0 aliphatic heterocycles. The second-order valence-electron chi connectivity index (χ2n) is 2.71. The molecule has 0 aliphatic carbocycles. The molecule has 0 spiro atoms. The summed E-state index contributed by atoms with van der Waals surface area (Å²) in [5.41, 5.74) is 0.896. The van der Waals surface area contributed by atoms with Crippen LogP contribution in [0.2, 0.25) is 0 Å². The van der Waals surface area contributed by atoms with Crippen molar-refractivity contribution in [3.8, 4) is 0 Å². The van der Waals surface area contributed by atoms with Gasteiger partial charge in [-0.1, -0.05) is 24.3 Å². The molecule has 68 valence electrons. The summed E-state index contributed by atoms with van der Waals surface area (Å²) in [6.07, 6.45) is 3.60. The molecule has 1 amide bonds. The van der Waals surface area contributed by atoms with Crippen LogP contribution in [0.3, 0.4) is 0 Å². The minimum absolute atomic E-state index is 0.0179. The van der Waals surface area contributed by atoms with E-state index in [9.17, 15) is 4.79 Å². The van der Waals surface area contributed by atoms with Crippen molar-refractivity contribution in [3.63, 3.8) is 0 Å². The smallest absolute Gasteiger partial charge is 0.227 e. The van der Waals surface area contributed by atoms with Gasteiger partial charge in [-0.15, -0.1) is 0 Å². The summed E-state index contributed by atoms with van der Waals surface area (Å²) in [4.78, 5) is 12.8. The number of rotatable bonds is 2. The average molecular weight is 175 g/mol. The van der Waals surface area contributed by atoms with Crippen molar-refractivity contribution in [2.24, 2.45) is 0 Å². The number of carbonyl (C=O) groups is 1. The number of amides is 1. The van der Waals surface area contributed by atoms with Crippen LogP contribution in [0.25, 0.3) is 0 Å². The molecule has 0 saturated carbocycles. The second-order valence-corrected chi connectivity index (χ2v) is 2.71. The van der Waals surface area contributed by atoms with Gasteiger partial charge < -0.3 is 0 Å². The molecular formula is C11H13NO. The van der Waals surface area contributed by atoms with Gasteiger partial charge >= 0.3 is 0 Å². The molecule has 0 aromatic heterocycles. The van der Waals surface area contributed by atoms with Gasteiger partial charge in [-0.3, -0.25) is 9.69 Å². The molecule has 2 nitrogen and oxygen atoms in total. The van der Waals surface area contributed by atoms with Crippen LogP contribution >= 0.6 is 0 Å². The van der Waals surface area contributed by atoms with E-state index in [0.717, 1.165) is 5.69 Å². The van der Waals surface area contributed by atoms with Gasteiger partial charge in [0.15, 0.2) is 0 Å². The molecule has 0 bridgehead atoms. The fraction of sp³-hybridized carbons (Fsp3) is 0.182. The van der Waals surface area contributed by atoms with E-state index in [-0.39, 0.29) is 5.91 Å². The Morgan fingerprint density at radius 2 is 1.92 bits per heavy atom. The Bertz CT molecular complexity index is 303. The van der Waals surface area contributed by atoms with Gasteiger partial charge in [-0.25, -0.2) is 0 Å². The van der Waals surface area contributed by atoms with Crippen LogP contribution in [-0.4, -0.2) is 5.91 Å². The second kappa shape index (κ2) is 4.45. The fourth-order valence-electron chi connectivity index (χ4n) is 1.11. The highest BCUT2D eigenvalue weighted by atomic mass is 16.2. The summed E-state index contributed by atoms with van der Waals surface area (Å²) >= 11 is 0. The zero-order valence-electron chi connectivity index (χ0n) is 7.90. The molecule has 2 heteroatoms. The third kappa shape index (κ3) is 2.44. The lowest BCUT2D eigenvalue weighted by atomic mass is 10.3. The molecule has 1 rings (SSSR count). The van der Waals surface area contributed by atoms with E-state index >= 15 is 0 Å². The van der Waals surface area contributed by atoms with Crippen molar-refractivity contribution >= 4 is 11.6 Å². The monoisotopic (exact) mass is 175 g/mol. The molecule has 0 heterocycles. The van der Waals surface area contributed by atoms with E-state index in [2.05, 4.69) is 0 Å². The minimum atomic E-state index is 0.0179. The predicted molar refractivity (Wildman–Crippen MR) is 54.4 cm³/mol. The molecule has 0 saturated heterocycles. The lowest BCUT2D eigenvalue weighted by molar-refractivity contribution is -0.116. The molecule has 0 fully saturated rings. The van der Waals surface area contributed by atoms with Crippen molar-refractivity contribution in [2.75, 3.05) is 4.90 Å². The first-order valence-corrected chi connectivity index (χ1v) is 4.23. The van der Waals surface area contributed by atoms with E-state index in [1.54, 1.807) is 18.0 Å². The van der Waals surface area contributed by atoms with Crippen LogP contribution in [0.4, 0.5) is 5.69 Å². The summed E-state index contributed by atoms with van der Waals surface area (Å²) in [5, 5.41) is 0. The lowest BCUT2D eigenvalue weighted by Crippen LogP contribution is -2.21. The molecular weight excluding hydrogens is 162 g/mol.